The molecule has 2 fully saturated rings. The molecule has 7 nitrogen and oxygen atoms in total. The number of carbonyl (C=O) groups is 1. The fraction of sp³-hybridized carbons (Fsp3) is 0.500. The standard InChI is InChI=1S/C18H22N4O3/c23-18(20-14-9-11-24-16(14)12-6-7-12)19-10-8-15-21-22-17(25-15)13-4-2-1-3-5-13/h1-5,12,14,16H,6-11H2,(H2,19,20,23). The van der Waals surface area contributed by atoms with E-state index in [2.05, 4.69) is 20.8 Å². The summed E-state index contributed by atoms with van der Waals surface area (Å²) in [4.78, 5) is 12.1. The molecule has 1 aromatic heterocycles. The SMILES string of the molecule is O=C(NCCc1nnc(-c2ccccc2)o1)NC1CCOC1C1CC1. The van der Waals surface area contributed by atoms with Crippen molar-refractivity contribution in [2.75, 3.05) is 13.2 Å². The van der Waals surface area contributed by atoms with Gasteiger partial charge in [-0.15, -0.1) is 10.2 Å². The number of amides is 2. The summed E-state index contributed by atoms with van der Waals surface area (Å²) < 4.78 is 11.4. The zero-order chi connectivity index (χ0) is 17.1. The van der Waals surface area contributed by atoms with E-state index in [0.29, 0.717) is 30.7 Å². The molecule has 0 bridgehead atoms. The minimum absolute atomic E-state index is 0.126. The van der Waals surface area contributed by atoms with Gasteiger partial charge in [0, 0.05) is 25.1 Å². The lowest BCUT2D eigenvalue weighted by atomic mass is 10.1. The molecule has 2 aliphatic rings. The van der Waals surface area contributed by atoms with E-state index in [0.717, 1.165) is 18.6 Å². The van der Waals surface area contributed by atoms with Crippen LogP contribution in [0.2, 0.25) is 0 Å². The highest BCUT2D eigenvalue weighted by Crippen LogP contribution is 2.38. The van der Waals surface area contributed by atoms with Crippen LogP contribution >= 0.6 is 0 Å². The van der Waals surface area contributed by atoms with Gasteiger partial charge in [0.25, 0.3) is 0 Å². The van der Waals surface area contributed by atoms with Crippen LogP contribution in [0.4, 0.5) is 4.79 Å². The Morgan fingerprint density at radius 1 is 1.16 bits per heavy atom. The normalized spacial score (nSPS) is 22.7. The molecule has 0 radical (unpaired) electrons. The maximum Gasteiger partial charge on any atom is 0.315 e. The van der Waals surface area contributed by atoms with Gasteiger partial charge in [-0.2, -0.15) is 0 Å². The first-order valence-corrected chi connectivity index (χ1v) is 8.83. The molecule has 2 aromatic rings. The molecule has 2 unspecified atom stereocenters. The third kappa shape index (κ3) is 3.99. The van der Waals surface area contributed by atoms with Crippen molar-refractivity contribution in [3.63, 3.8) is 0 Å². The first-order valence-electron chi connectivity index (χ1n) is 8.83. The van der Waals surface area contributed by atoms with Gasteiger partial charge in [-0.05, 0) is 37.3 Å². The van der Waals surface area contributed by atoms with E-state index in [1.165, 1.54) is 12.8 Å². The van der Waals surface area contributed by atoms with Gasteiger partial charge in [-0.3, -0.25) is 0 Å². The van der Waals surface area contributed by atoms with Crippen LogP contribution in [0.15, 0.2) is 34.7 Å². The Hall–Kier alpha value is -2.41. The molecule has 1 aromatic carbocycles. The number of carbonyl (C=O) groups excluding carboxylic acids is 1. The summed E-state index contributed by atoms with van der Waals surface area (Å²) in [6, 6.07) is 9.59. The lowest BCUT2D eigenvalue weighted by molar-refractivity contribution is 0.0825. The van der Waals surface area contributed by atoms with Crippen molar-refractivity contribution in [1.29, 1.82) is 0 Å². The van der Waals surface area contributed by atoms with Gasteiger partial charge in [-0.25, -0.2) is 4.79 Å². The largest absolute Gasteiger partial charge is 0.421 e. The number of nitrogens with zero attached hydrogens (tertiary/aromatic N) is 2. The van der Waals surface area contributed by atoms with Gasteiger partial charge in [0.15, 0.2) is 0 Å². The first kappa shape index (κ1) is 16.1. The maximum absolute atomic E-state index is 12.1. The molecule has 1 saturated carbocycles. The molecule has 7 heteroatoms. The van der Waals surface area contributed by atoms with Crippen molar-refractivity contribution in [1.82, 2.24) is 20.8 Å². The molecule has 25 heavy (non-hydrogen) atoms. The average Bonchev–Trinajstić information content (AvgIpc) is 3.18. The van der Waals surface area contributed by atoms with Gasteiger partial charge in [0.1, 0.15) is 0 Å². The van der Waals surface area contributed by atoms with Crippen LogP contribution in [0.1, 0.15) is 25.2 Å². The quantitative estimate of drug-likeness (QED) is 0.839. The topological polar surface area (TPSA) is 89.3 Å². The van der Waals surface area contributed by atoms with E-state index in [9.17, 15) is 4.79 Å². The van der Waals surface area contributed by atoms with Crippen molar-refractivity contribution in [2.24, 2.45) is 5.92 Å². The van der Waals surface area contributed by atoms with Crippen molar-refractivity contribution >= 4 is 6.03 Å². The van der Waals surface area contributed by atoms with Crippen LogP contribution in [0, 0.1) is 5.92 Å². The van der Waals surface area contributed by atoms with Crippen LogP contribution in [0.3, 0.4) is 0 Å². The summed E-state index contributed by atoms with van der Waals surface area (Å²) in [5, 5.41) is 13.9. The van der Waals surface area contributed by atoms with Crippen LogP contribution in [-0.2, 0) is 11.2 Å². The Morgan fingerprint density at radius 2 is 2.00 bits per heavy atom. The second kappa shape index (κ2) is 7.23. The van der Waals surface area contributed by atoms with Gasteiger partial charge >= 0.3 is 6.03 Å². The Kier molecular flexibility index (Phi) is 4.65. The number of benzene rings is 1. The highest BCUT2D eigenvalue weighted by molar-refractivity contribution is 5.74. The molecule has 1 saturated heterocycles. The third-order valence-corrected chi connectivity index (χ3v) is 4.65. The number of nitrogens with one attached hydrogen (secondary N) is 2. The molecule has 1 aliphatic carbocycles. The highest BCUT2D eigenvalue weighted by atomic mass is 16.5. The second-order valence-corrected chi connectivity index (χ2v) is 6.59. The number of ether oxygens (including phenoxy) is 1. The summed E-state index contributed by atoms with van der Waals surface area (Å²) in [5.41, 5.74) is 0.888. The van der Waals surface area contributed by atoms with Gasteiger partial charge in [0.05, 0.1) is 12.1 Å². The first-order chi connectivity index (χ1) is 12.3. The maximum atomic E-state index is 12.1. The Balaban J connectivity index is 1.22. The van der Waals surface area contributed by atoms with Crippen molar-refractivity contribution in [2.45, 2.75) is 37.8 Å². The Labute approximate surface area is 146 Å². The van der Waals surface area contributed by atoms with E-state index < -0.39 is 0 Å². The second-order valence-electron chi connectivity index (χ2n) is 6.59. The van der Waals surface area contributed by atoms with Crippen LogP contribution in [-0.4, -0.2) is 41.5 Å². The summed E-state index contributed by atoms with van der Waals surface area (Å²) >= 11 is 0. The van der Waals surface area contributed by atoms with Gasteiger partial charge in [0.2, 0.25) is 11.8 Å². The monoisotopic (exact) mass is 342 g/mol. The molecule has 2 atom stereocenters. The van der Waals surface area contributed by atoms with Crippen LogP contribution < -0.4 is 10.6 Å². The fourth-order valence-electron chi connectivity index (χ4n) is 3.21. The fourth-order valence-corrected chi connectivity index (χ4v) is 3.21. The predicted molar refractivity (Wildman–Crippen MR) is 90.8 cm³/mol. The zero-order valence-electron chi connectivity index (χ0n) is 14.0. The molecule has 1 aliphatic heterocycles. The summed E-state index contributed by atoms with van der Waals surface area (Å²) in [5.74, 6) is 1.64. The Bertz CT molecular complexity index is 714. The number of hydrogen-bond donors (Lipinski definition) is 2. The molecular weight excluding hydrogens is 320 g/mol. The predicted octanol–water partition coefficient (Wildman–Crippen LogP) is 2.15. The molecule has 0 spiro atoms. The number of aromatic nitrogens is 2. The lowest BCUT2D eigenvalue weighted by Gasteiger charge is -2.19. The van der Waals surface area contributed by atoms with Crippen molar-refractivity contribution in [3.8, 4) is 11.5 Å². The van der Waals surface area contributed by atoms with E-state index in [4.69, 9.17) is 9.15 Å². The van der Waals surface area contributed by atoms with Crippen LogP contribution in [0.25, 0.3) is 11.5 Å². The van der Waals surface area contributed by atoms with E-state index in [-0.39, 0.29) is 18.2 Å². The van der Waals surface area contributed by atoms with Crippen molar-refractivity contribution < 1.29 is 13.9 Å². The third-order valence-electron chi connectivity index (χ3n) is 4.65. The minimum atomic E-state index is -0.163. The van der Waals surface area contributed by atoms with Crippen molar-refractivity contribution in [3.05, 3.63) is 36.2 Å². The molecule has 132 valence electrons. The van der Waals surface area contributed by atoms with E-state index >= 15 is 0 Å². The molecule has 2 N–H and O–H groups in total. The molecule has 4 rings (SSSR count). The highest BCUT2D eigenvalue weighted by Gasteiger charge is 2.41. The summed E-state index contributed by atoms with van der Waals surface area (Å²) in [6.07, 6.45) is 4.01. The minimum Gasteiger partial charge on any atom is -0.421 e. The molecule has 2 heterocycles. The summed E-state index contributed by atoms with van der Waals surface area (Å²) in [6.45, 7) is 1.18. The average molecular weight is 342 g/mol. The van der Waals surface area contributed by atoms with Gasteiger partial charge in [-0.1, -0.05) is 18.2 Å². The van der Waals surface area contributed by atoms with Crippen LogP contribution in [0.5, 0.6) is 0 Å². The Morgan fingerprint density at radius 3 is 2.80 bits per heavy atom. The smallest absolute Gasteiger partial charge is 0.315 e. The van der Waals surface area contributed by atoms with E-state index in [1.54, 1.807) is 0 Å². The van der Waals surface area contributed by atoms with Gasteiger partial charge < -0.3 is 19.8 Å². The number of urea groups is 1. The van der Waals surface area contributed by atoms with E-state index in [1.807, 2.05) is 30.3 Å². The molecule has 2 amide bonds. The lowest BCUT2D eigenvalue weighted by Crippen LogP contribution is -2.46. The molecular formula is C18H22N4O3. The zero-order valence-corrected chi connectivity index (χ0v) is 14.0. The number of rotatable bonds is 6. The number of hydrogen-bond acceptors (Lipinski definition) is 5. The summed E-state index contributed by atoms with van der Waals surface area (Å²) in [7, 11) is 0.